The van der Waals surface area contributed by atoms with Gasteiger partial charge in [-0.25, -0.2) is 13.2 Å². The summed E-state index contributed by atoms with van der Waals surface area (Å²) >= 11 is 0. The Balaban J connectivity index is 2.76. The van der Waals surface area contributed by atoms with E-state index in [-0.39, 0.29) is 12.3 Å². The number of halogens is 3. The van der Waals surface area contributed by atoms with Crippen LogP contribution in [0.4, 0.5) is 18.9 Å². The highest BCUT2D eigenvalue weighted by Crippen LogP contribution is 2.20. The molecule has 0 aliphatic carbocycles. The highest BCUT2D eigenvalue weighted by molar-refractivity contribution is 5.91. The largest absolute Gasteiger partial charge is 0.330 e. The Hall–Kier alpha value is -1.56. The van der Waals surface area contributed by atoms with Crippen LogP contribution in [0.1, 0.15) is 19.8 Å². The minimum Gasteiger partial charge on any atom is -0.330 e. The summed E-state index contributed by atoms with van der Waals surface area (Å²) in [6, 6.07) is 1.03. The fourth-order valence-electron chi connectivity index (χ4n) is 1.51. The second-order valence-electron chi connectivity index (χ2n) is 4.01. The van der Waals surface area contributed by atoms with Gasteiger partial charge in [0.15, 0.2) is 11.6 Å². The first-order chi connectivity index (χ1) is 8.47. The van der Waals surface area contributed by atoms with Gasteiger partial charge in [0.05, 0.1) is 0 Å². The van der Waals surface area contributed by atoms with Gasteiger partial charge >= 0.3 is 0 Å². The SMILES string of the molecule is CCC(CN)CC(=O)Nc1c(F)cc(F)cc1F. The summed E-state index contributed by atoms with van der Waals surface area (Å²) < 4.78 is 39.2. The van der Waals surface area contributed by atoms with Crippen LogP contribution in [0, 0.1) is 23.4 Å². The van der Waals surface area contributed by atoms with Crippen molar-refractivity contribution in [2.24, 2.45) is 11.7 Å². The molecule has 1 unspecified atom stereocenters. The van der Waals surface area contributed by atoms with E-state index in [1.807, 2.05) is 6.92 Å². The highest BCUT2D eigenvalue weighted by atomic mass is 19.1. The van der Waals surface area contributed by atoms with Crippen LogP contribution in [0.5, 0.6) is 0 Å². The number of hydrogen-bond donors (Lipinski definition) is 2. The summed E-state index contributed by atoms with van der Waals surface area (Å²) in [4.78, 5) is 11.5. The van der Waals surface area contributed by atoms with E-state index < -0.39 is 29.0 Å². The molecule has 1 aromatic carbocycles. The molecule has 1 rings (SSSR count). The lowest BCUT2D eigenvalue weighted by atomic mass is 10.0. The maximum Gasteiger partial charge on any atom is 0.224 e. The first-order valence-electron chi connectivity index (χ1n) is 5.62. The van der Waals surface area contributed by atoms with Gasteiger partial charge in [0.25, 0.3) is 0 Å². The predicted molar refractivity (Wildman–Crippen MR) is 62.4 cm³/mol. The Labute approximate surface area is 103 Å². The van der Waals surface area contributed by atoms with Gasteiger partial charge in [-0.2, -0.15) is 0 Å². The molecule has 0 spiro atoms. The van der Waals surface area contributed by atoms with Crippen LogP contribution in [-0.2, 0) is 4.79 Å². The Morgan fingerprint density at radius 1 is 1.33 bits per heavy atom. The molecule has 1 atom stereocenters. The van der Waals surface area contributed by atoms with Gasteiger partial charge in [0.2, 0.25) is 5.91 Å². The average molecular weight is 260 g/mol. The van der Waals surface area contributed by atoms with Gasteiger partial charge in [-0.15, -0.1) is 0 Å². The Morgan fingerprint density at radius 2 is 1.89 bits per heavy atom. The number of nitrogens with two attached hydrogens (primary N) is 1. The van der Waals surface area contributed by atoms with Crippen molar-refractivity contribution in [2.45, 2.75) is 19.8 Å². The van der Waals surface area contributed by atoms with Crippen LogP contribution in [0.15, 0.2) is 12.1 Å². The van der Waals surface area contributed by atoms with Crippen molar-refractivity contribution in [3.8, 4) is 0 Å². The van der Waals surface area contributed by atoms with Gasteiger partial charge in [-0.3, -0.25) is 4.79 Å². The standard InChI is InChI=1S/C12H15F3N2O/c1-2-7(6-16)3-11(18)17-12-9(14)4-8(13)5-10(12)15/h4-5,7H,2-3,6,16H2,1H3,(H,17,18). The van der Waals surface area contributed by atoms with Gasteiger partial charge in [-0.1, -0.05) is 13.3 Å². The van der Waals surface area contributed by atoms with Crippen LogP contribution < -0.4 is 11.1 Å². The number of rotatable bonds is 5. The molecule has 0 bridgehead atoms. The zero-order valence-electron chi connectivity index (χ0n) is 9.97. The van der Waals surface area contributed by atoms with Crippen molar-refractivity contribution in [3.05, 3.63) is 29.6 Å². The third-order valence-corrected chi connectivity index (χ3v) is 2.66. The molecule has 0 aliphatic heterocycles. The van der Waals surface area contributed by atoms with E-state index in [0.717, 1.165) is 0 Å². The first-order valence-corrected chi connectivity index (χ1v) is 5.62. The van der Waals surface area contributed by atoms with E-state index >= 15 is 0 Å². The number of carbonyl (C=O) groups is 1. The quantitative estimate of drug-likeness (QED) is 0.854. The average Bonchev–Trinajstić information content (AvgIpc) is 2.30. The minimum absolute atomic E-state index is 0.0448. The third-order valence-electron chi connectivity index (χ3n) is 2.66. The molecule has 0 aromatic heterocycles. The van der Waals surface area contributed by atoms with Gasteiger partial charge < -0.3 is 11.1 Å². The summed E-state index contributed by atoms with van der Waals surface area (Å²) in [5.41, 5.74) is 4.80. The molecule has 0 aliphatic rings. The van der Waals surface area contributed by atoms with E-state index in [2.05, 4.69) is 5.32 Å². The molecule has 0 saturated carbocycles. The molecule has 0 saturated heterocycles. The fourth-order valence-corrected chi connectivity index (χ4v) is 1.51. The van der Waals surface area contributed by atoms with Crippen molar-refractivity contribution < 1.29 is 18.0 Å². The van der Waals surface area contributed by atoms with Gasteiger partial charge in [0.1, 0.15) is 11.5 Å². The van der Waals surface area contributed by atoms with Gasteiger partial charge in [-0.05, 0) is 12.5 Å². The van der Waals surface area contributed by atoms with E-state index in [9.17, 15) is 18.0 Å². The number of benzene rings is 1. The second kappa shape index (κ2) is 6.39. The molecule has 0 heterocycles. The topological polar surface area (TPSA) is 55.1 Å². The zero-order chi connectivity index (χ0) is 13.7. The lowest BCUT2D eigenvalue weighted by Crippen LogP contribution is -2.22. The molecule has 100 valence electrons. The molecule has 6 heteroatoms. The minimum atomic E-state index is -1.14. The maximum absolute atomic E-state index is 13.3. The van der Waals surface area contributed by atoms with Crippen molar-refractivity contribution in [2.75, 3.05) is 11.9 Å². The van der Waals surface area contributed by atoms with E-state index in [4.69, 9.17) is 5.73 Å². The van der Waals surface area contributed by atoms with E-state index in [1.165, 1.54) is 0 Å². The maximum atomic E-state index is 13.3. The molecule has 1 amide bonds. The van der Waals surface area contributed by atoms with Crippen LogP contribution in [0.2, 0.25) is 0 Å². The third kappa shape index (κ3) is 3.73. The lowest BCUT2D eigenvalue weighted by molar-refractivity contribution is -0.117. The van der Waals surface area contributed by atoms with Crippen molar-refractivity contribution >= 4 is 11.6 Å². The molecule has 3 N–H and O–H groups in total. The Morgan fingerprint density at radius 3 is 2.33 bits per heavy atom. The van der Waals surface area contributed by atoms with E-state index in [0.29, 0.717) is 25.1 Å². The van der Waals surface area contributed by atoms with Crippen molar-refractivity contribution in [1.82, 2.24) is 0 Å². The summed E-state index contributed by atoms with van der Waals surface area (Å²) in [5.74, 6) is -3.90. The van der Waals surface area contributed by atoms with Crippen LogP contribution in [0.25, 0.3) is 0 Å². The van der Waals surface area contributed by atoms with Crippen LogP contribution in [0.3, 0.4) is 0 Å². The molecule has 0 fully saturated rings. The smallest absolute Gasteiger partial charge is 0.224 e. The van der Waals surface area contributed by atoms with Crippen LogP contribution in [-0.4, -0.2) is 12.5 Å². The first kappa shape index (κ1) is 14.5. The molecule has 3 nitrogen and oxygen atoms in total. The molecule has 18 heavy (non-hydrogen) atoms. The zero-order valence-corrected chi connectivity index (χ0v) is 9.97. The lowest BCUT2D eigenvalue weighted by Gasteiger charge is -2.12. The molecule has 0 radical (unpaired) electrons. The van der Waals surface area contributed by atoms with E-state index in [1.54, 1.807) is 0 Å². The number of amides is 1. The second-order valence-corrected chi connectivity index (χ2v) is 4.01. The number of carbonyl (C=O) groups excluding carboxylic acids is 1. The molecular weight excluding hydrogens is 245 g/mol. The summed E-state index contributed by atoms with van der Waals surface area (Å²) in [6.45, 7) is 2.18. The molecule has 1 aromatic rings. The Bertz CT molecular complexity index is 410. The summed E-state index contributed by atoms with van der Waals surface area (Å²) in [6.07, 6.45) is 0.765. The number of nitrogens with one attached hydrogen (secondary N) is 1. The molecular formula is C12H15F3N2O. The van der Waals surface area contributed by atoms with Crippen LogP contribution >= 0.6 is 0 Å². The van der Waals surface area contributed by atoms with Crippen molar-refractivity contribution in [1.29, 1.82) is 0 Å². The number of hydrogen-bond acceptors (Lipinski definition) is 2. The summed E-state index contributed by atoms with van der Waals surface area (Å²) in [5, 5.41) is 2.09. The number of anilines is 1. The normalized spacial score (nSPS) is 12.3. The predicted octanol–water partition coefficient (Wildman–Crippen LogP) is 2.42. The van der Waals surface area contributed by atoms with Crippen molar-refractivity contribution in [3.63, 3.8) is 0 Å². The Kier molecular flexibility index (Phi) is 5.15. The fraction of sp³-hybridized carbons (Fsp3) is 0.417. The van der Waals surface area contributed by atoms with Gasteiger partial charge in [0, 0.05) is 18.6 Å². The summed E-state index contributed by atoms with van der Waals surface area (Å²) in [7, 11) is 0. The monoisotopic (exact) mass is 260 g/mol. The highest BCUT2D eigenvalue weighted by Gasteiger charge is 2.16.